The van der Waals surface area contributed by atoms with Gasteiger partial charge >= 0.3 is 5.97 Å². The summed E-state index contributed by atoms with van der Waals surface area (Å²) < 4.78 is 12.5. The Bertz CT molecular complexity index is 879. The van der Waals surface area contributed by atoms with Crippen molar-refractivity contribution < 1.29 is 13.9 Å². The number of aromatic nitrogens is 2. The minimum absolute atomic E-state index is 0.375. The molecule has 24 heavy (non-hydrogen) atoms. The van der Waals surface area contributed by atoms with Gasteiger partial charge in [-0.2, -0.15) is 0 Å². The van der Waals surface area contributed by atoms with Crippen molar-refractivity contribution in [3.8, 4) is 0 Å². The number of rotatable bonds is 5. The molecule has 0 unspecified atom stereocenters. The van der Waals surface area contributed by atoms with Gasteiger partial charge in [-0.25, -0.2) is 9.78 Å². The van der Waals surface area contributed by atoms with Crippen molar-refractivity contribution in [1.29, 1.82) is 0 Å². The molecule has 0 aliphatic rings. The molecular formula is C18H21N3O3. The highest BCUT2D eigenvalue weighted by molar-refractivity contribution is 5.90. The van der Waals surface area contributed by atoms with Gasteiger partial charge in [0, 0.05) is 7.05 Å². The van der Waals surface area contributed by atoms with E-state index in [4.69, 9.17) is 9.15 Å². The van der Waals surface area contributed by atoms with Gasteiger partial charge in [-0.3, -0.25) is 4.90 Å². The van der Waals surface area contributed by atoms with E-state index in [-0.39, 0.29) is 5.97 Å². The first-order valence-electron chi connectivity index (χ1n) is 7.76. The fourth-order valence-corrected chi connectivity index (χ4v) is 2.83. The Labute approximate surface area is 140 Å². The van der Waals surface area contributed by atoms with Crippen LogP contribution in [0.3, 0.4) is 0 Å². The van der Waals surface area contributed by atoms with E-state index < -0.39 is 0 Å². The molecule has 6 nitrogen and oxygen atoms in total. The van der Waals surface area contributed by atoms with Gasteiger partial charge < -0.3 is 13.7 Å². The van der Waals surface area contributed by atoms with E-state index in [1.165, 1.54) is 7.11 Å². The van der Waals surface area contributed by atoms with E-state index in [1.54, 1.807) is 13.0 Å². The van der Waals surface area contributed by atoms with Gasteiger partial charge in [-0.05, 0) is 32.2 Å². The molecule has 0 atom stereocenters. The van der Waals surface area contributed by atoms with Gasteiger partial charge in [0.1, 0.15) is 22.9 Å². The van der Waals surface area contributed by atoms with Gasteiger partial charge in [0.25, 0.3) is 0 Å². The van der Waals surface area contributed by atoms with Crippen molar-refractivity contribution in [2.75, 3.05) is 14.2 Å². The minimum Gasteiger partial charge on any atom is -0.465 e. The van der Waals surface area contributed by atoms with Gasteiger partial charge in [0.05, 0.1) is 31.2 Å². The average molecular weight is 327 g/mol. The molecule has 0 radical (unpaired) electrons. The number of benzene rings is 1. The molecular weight excluding hydrogens is 306 g/mol. The maximum absolute atomic E-state index is 11.7. The second-order valence-corrected chi connectivity index (χ2v) is 5.92. The van der Waals surface area contributed by atoms with Crippen molar-refractivity contribution in [1.82, 2.24) is 14.5 Å². The van der Waals surface area contributed by atoms with Crippen LogP contribution in [0.2, 0.25) is 0 Å². The van der Waals surface area contributed by atoms with E-state index in [9.17, 15) is 4.79 Å². The van der Waals surface area contributed by atoms with Crippen LogP contribution < -0.4 is 0 Å². The van der Waals surface area contributed by atoms with Crippen molar-refractivity contribution in [2.45, 2.75) is 20.0 Å². The van der Waals surface area contributed by atoms with Crippen molar-refractivity contribution in [2.24, 2.45) is 7.05 Å². The van der Waals surface area contributed by atoms with Crippen molar-refractivity contribution in [3.63, 3.8) is 0 Å². The summed E-state index contributed by atoms with van der Waals surface area (Å²) in [5.41, 5.74) is 2.58. The molecule has 0 spiro atoms. The molecule has 2 heterocycles. The van der Waals surface area contributed by atoms with Gasteiger partial charge in [0.15, 0.2) is 0 Å². The first-order valence-corrected chi connectivity index (χ1v) is 7.76. The Morgan fingerprint density at radius 2 is 2.08 bits per heavy atom. The Balaban J connectivity index is 1.74. The standard InChI is InChI=1S/C18H21N3O3/c1-12-14(18(22)23-4)9-13(24-12)10-20(2)11-17-19-15-7-5-6-8-16(15)21(17)3/h5-9H,10-11H2,1-4H3. The highest BCUT2D eigenvalue weighted by Gasteiger charge is 2.17. The molecule has 6 heteroatoms. The normalized spacial score (nSPS) is 11.4. The average Bonchev–Trinajstić information content (AvgIpc) is 3.07. The number of imidazole rings is 1. The van der Waals surface area contributed by atoms with Crippen LogP contribution in [0.5, 0.6) is 0 Å². The lowest BCUT2D eigenvalue weighted by Crippen LogP contribution is -2.19. The smallest absolute Gasteiger partial charge is 0.341 e. The van der Waals surface area contributed by atoms with E-state index in [1.807, 2.05) is 32.3 Å². The molecule has 0 aliphatic carbocycles. The molecule has 126 valence electrons. The topological polar surface area (TPSA) is 60.5 Å². The highest BCUT2D eigenvalue weighted by atomic mass is 16.5. The van der Waals surface area contributed by atoms with Gasteiger partial charge in [-0.1, -0.05) is 12.1 Å². The lowest BCUT2D eigenvalue weighted by molar-refractivity contribution is 0.0599. The predicted octanol–water partition coefficient (Wildman–Crippen LogP) is 2.89. The Hall–Kier alpha value is -2.60. The SMILES string of the molecule is COC(=O)c1cc(CN(C)Cc2nc3ccccc3n2C)oc1C. The maximum Gasteiger partial charge on any atom is 0.341 e. The third-order valence-corrected chi connectivity index (χ3v) is 4.09. The summed E-state index contributed by atoms with van der Waals surface area (Å²) in [6.07, 6.45) is 0. The Morgan fingerprint density at radius 1 is 1.33 bits per heavy atom. The van der Waals surface area contributed by atoms with Crippen molar-refractivity contribution >= 4 is 17.0 Å². The lowest BCUT2D eigenvalue weighted by Gasteiger charge is -2.14. The number of carbonyl (C=O) groups is 1. The molecule has 0 saturated heterocycles. The summed E-state index contributed by atoms with van der Waals surface area (Å²) in [5, 5.41) is 0. The number of methoxy groups -OCH3 is 1. The van der Waals surface area contributed by atoms with Crippen LogP contribution in [0.4, 0.5) is 0 Å². The zero-order valence-electron chi connectivity index (χ0n) is 14.4. The second kappa shape index (κ2) is 6.49. The molecule has 3 rings (SSSR count). The van der Waals surface area contributed by atoms with Crippen LogP contribution in [0, 0.1) is 6.92 Å². The second-order valence-electron chi connectivity index (χ2n) is 5.92. The molecule has 0 aliphatic heterocycles. The number of carbonyl (C=O) groups excluding carboxylic acids is 1. The molecule has 0 saturated carbocycles. The first-order chi connectivity index (χ1) is 11.5. The van der Waals surface area contributed by atoms with Crippen LogP contribution >= 0.6 is 0 Å². The van der Waals surface area contributed by atoms with Crippen LogP contribution in [0.25, 0.3) is 11.0 Å². The van der Waals surface area contributed by atoms with E-state index in [0.29, 0.717) is 24.4 Å². The summed E-state index contributed by atoms with van der Waals surface area (Å²) in [4.78, 5) is 18.4. The Kier molecular flexibility index (Phi) is 4.40. The molecule has 0 fully saturated rings. The monoisotopic (exact) mass is 327 g/mol. The third-order valence-electron chi connectivity index (χ3n) is 4.09. The fraction of sp³-hybridized carbons (Fsp3) is 0.333. The number of hydrogen-bond acceptors (Lipinski definition) is 5. The summed E-state index contributed by atoms with van der Waals surface area (Å²) >= 11 is 0. The molecule has 1 aromatic carbocycles. The first kappa shape index (κ1) is 16.3. The summed E-state index contributed by atoms with van der Waals surface area (Å²) in [7, 11) is 5.38. The fourth-order valence-electron chi connectivity index (χ4n) is 2.83. The van der Waals surface area contributed by atoms with Gasteiger partial charge in [0.2, 0.25) is 0 Å². The summed E-state index contributed by atoms with van der Waals surface area (Å²) in [6.45, 7) is 3.03. The zero-order chi connectivity index (χ0) is 17.3. The van der Waals surface area contributed by atoms with E-state index in [2.05, 4.69) is 20.5 Å². The molecule has 0 bridgehead atoms. The summed E-state index contributed by atoms with van der Waals surface area (Å²) in [6, 6.07) is 9.81. The van der Waals surface area contributed by atoms with Crippen LogP contribution in [-0.2, 0) is 24.9 Å². The minimum atomic E-state index is -0.375. The predicted molar refractivity (Wildman–Crippen MR) is 90.7 cm³/mol. The number of hydrogen-bond donors (Lipinski definition) is 0. The maximum atomic E-state index is 11.7. The molecule has 0 amide bonds. The number of para-hydroxylation sites is 2. The highest BCUT2D eigenvalue weighted by Crippen LogP contribution is 2.19. The lowest BCUT2D eigenvalue weighted by atomic mass is 10.2. The number of nitrogens with zero attached hydrogens (tertiary/aromatic N) is 3. The van der Waals surface area contributed by atoms with Gasteiger partial charge in [-0.15, -0.1) is 0 Å². The molecule has 2 aromatic heterocycles. The quantitative estimate of drug-likeness (QED) is 0.674. The van der Waals surface area contributed by atoms with Crippen LogP contribution in [0.1, 0.15) is 27.7 Å². The van der Waals surface area contributed by atoms with Crippen LogP contribution in [-0.4, -0.2) is 34.6 Å². The largest absolute Gasteiger partial charge is 0.465 e. The van der Waals surface area contributed by atoms with Crippen molar-refractivity contribution in [3.05, 3.63) is 53.2 Å². The number of aryl methyl sites for hydroxylation is 2. The van der Waals surface area contributed by atoms with E-state index in [0.717, 1.165) is 22.6 Å². The van der Waals surface area contributed by atoms with E-state index >= 15 is 0 Å². The number of fused-ring (bicyclic) bond motifs is 1. The third kappa shape index (κ3) is 3.05. The summed E-state index contributed by atoms with van der Waals surface area (Å²) in [5.74, 6) is 1.91. The van der Waals surface area contributed by atoms with Crippen LogP contribution in [0.15, 0.2) is 34.7 Å². The number of ether oxygens (including phenoxy) is 1. The number of furan rings is 1. The zero-order valence-corrected chi connectivity index (χ0v) is 14.4. The molecule has 3 aromatic rings. The Morgan fingerprint density at radius 3 is 2.79 bits per heavy atom. The molecule has 0 N–H and O–H groups in total. The number of esters is 1.